The minimum absolute atomic E-state index is 0.00717. The van der Waals surface area contributed by atoms with E-state index in [0.717, 1.165) is 23.9 Å². The van der Waals surface area contributed by atoms with E-state index in [2.05, 4.69) is 10.2 Å². The Hall–Kier alpha value is -2.37. The van der Waals surface area contributed by atoms with Crippen LogP contribution in [0, 0.1) is 0 Å². The number of amides is 2. The van der Waals surface area contributed by atoms with Gasteiger partial charge in [0.2, 0.25) is 5.91 Å². The first kappa shape index (κ1) is 12.4. The van der Waals surface area contributed by atoms with Crippen LogP contribution in [0.1, 0.15) is 23.2 Å². The van der Waals surface area contributed by atoms with Gasteiger partial charge in [-0.3, -0.25) is 14.7 Å². The number of rotatable bonds is 2. The molecule has 2 aromatic rings. The standard InChI is InChI=1S/C15H16N4O2/c20-13-5-2-6-19(13)11-8-18(9-11)15(21)12-4-1-3-10-7-16-17-14(10)12/h1,3-4,7,11H,2,5-6,8-9H2,(H,16,17). The number of benzene rings is 1. The van der Waals surface area contributed by atoms with Crippen LogP contribution < -0.4 is 0 Å². The van der Waals surface area contributed by atoms with E-state index < -0.39 is 0 Å². The smallest absolute Gasteiger partial charge is 0.256 e. The van der Waals surface area contributed by atoms with Crippen molar-refractivity contribution in [1.29, 1.82) is 0 Å². The van der Waals surface area contributed by atoms with Crippen molar-refractivity contribution in [2.24, 2.45) is 0 Å². The van der Waals surface area contributed by atoms with Crippen LogP contribution in [0.25, 0.3) is 10.9 Å². The van der Waals surface area contributed by atoms with E-state index in [1.54, 1.807) is 11.1 Å². The summed E-state index contributed by atoms with van der Waals surface area (Å²) in [6, 6.07) is 5.81. The lowest BCUT2D eigenvalue weighted by Crippen LogP contribution is -2.61. The molecule has 0 atom stereocenters. The van der Waals surface area contributed by atoms with Gasteiger partial charge in [-0.05, 0) is 12.5 Å². The van der Waals surface area contributed by atoms with Gasteiger partial charge < -0.3 is 9.80 Å². The Bertz CT molecular complexity index is 717. The van der Waals surface area contributed by atoms with Crippen molar-refractivity contribution in [2.45, 2.75) is 18.9 Å². The van der Waals surface area contributed by atoms with E-state index in [9.17, 15) is 9.59 Å². The highest BCUT2D eigenvalue weighted by Crippen LogP contribution is 2.24. The summed E-state index contributed by atoms with van der Waals surface area (Å²) >= 11 is 0. The lowest BCUT2D eigenvalue weighted by atomic mass is 10.0. The summed E-state index contributed by atoms with van der Waals surface area (Å²) in [5, 5.41) is 7.81. The highest BCUT2D eigenvalue weighted by molar-refractivity contribution is 6.05. The number of fused-ring (bicyclic) bond motifs is 1. The van der Waals surface area contributed by atoms with E-state index in [1.807, 2.05) is 23.1 Å². The van der Waals surface area contributed by atoms with Crippen molar-refractivity contribution in [3.05, 3.63) is 30.0 Å². The monoisotopic (exact) mass is 284 g/mol. The number of hydrogen-bond acceptors (Lipinski definition) is 3. The quantitative estimate of drug-likeness (QED) is 0.894. The molecule has 6 nitrogen and oxygen atoms in total. The summed E-state index contributed by atoms with van der Waals surface area (Å²) in [7, 11) is 0. The Morgan fingerprint density at radius 1 is 1.33 bits per heavy atom. The highest BCUT2D eigenvalue weighted by Gasteiger charge is 2.39. The molecular formula is C15H16N4O2. The van der Waals surface area contributed by atoms with Gasteiger partial charge in [-0.15, -0.1) is 0 Å². The van der Waals surface area contributed by atoms with Crippen LogP contribution in [-0.4, -0.2) is 57.5 Å². The second-order valence-electron chi connectivity index (χ2n) is 5.69. The number of aromatic nitrogens is 2. The number of carbonyl (C=O) groups is 2. The molecule has 1 aromatic carbocycles. The second-order valence-corrected chi connectivity index (χ2v) is 5.69. The number of H-pyrrole nitrogens is 1. The van der Waals surface area contributed by atoms with Crippen molar-refractivity contribution in [3.63, 3.8) is 0 Å². The van der Waals surface area contributed by atoms with Gasteiger partial charge in [0.25, 0.3) is 5.91 Å². The molecule has 1 N–H and O–H groups in total. The lowest BCUT2D eigenvalue weighted by Gasteiger charge is -2.44. The molecule has 0 spiro atoms. The minimum atomic E-state index is 0.00717. The molecule has 0 saturated carbocycles. The fourth-order valence-electron chi connectivity index (χ4n) is 3.19. The molecule has 0 bridgehead atoms. The fourth-order valence-corrected chi connectivity index (χ4v) is 3.19. The van der Waals surface area contributed by atoms with Crippen molar-refractivity contribution in [3.8, 4) is 0 Å². The third kappa shape index (κ3) is 1.90. The molecule has 6 heteroatoms. The number of hydrogen-bond donors (Lipinski definition) is 1. The summed E-state index contributed by atoms with van der Waals surface area (Å²) in [6.45, 7) is 2.10. The van der Waals surface area contributed by atoms with Gasteiger partial charge in [-0.2, -0.15) is 5.10 Å². The predicted octanol–water partition coefficient (Wildman–Crippen LogP) is 1.01. The summed E-state index contributed by atoms with van der Waals surface area (Å²) in [6.07, 6.45) is 3.31. The third-order valence-electron chi connectivity index (χ3n) is 4.41. The van der Waals surface area contributed by atoms with E-state index in [4.69, 9.17) is 0 Å². The summed E-state index contributed by atoms with van der Waals surface area (Å²) < 4.78 is 0. The molecule has 0 radical (unpaired) electrons. The van der Waals surface area contributed by atoms with Gasteiger partial charge in [0.15, 0.2) is 0 Å². The molecule has 2 fully saturated rings. The Morgan fingerprint density at radius 3 is 2.95 bits per heavy atom. The molecule has 2 aliphatic heterocycles. The van der Waals surface area contributed by atoms with Gasteiger partial charge in [-0.1, -0.05) is 12.1 Å². The third-order valence-corrected chi connectivity index (χ3v) is 4.41. The van der Waals surface area contributed by atoms with Gasteiger partial charge >= 0.3 is 0 Å². The molecule has 3 heterocycles. The largest absolute Gasteiger partial charge is 0.336 e. The fraction of sp³-hybridized carbons (Fsp3) is 0.400. The Labute approximate surface area is 121 Å². The Morgan fingerprint density at radius 2 is 2.19 bits per heavy atom. The normalized spacial score (nSPS) is 19.3. The Balaban J connectivity index is 1.50. The number of aromatic amines is 1. The summed E-state index contributed by atoms with van der Waals surface area (Å²) in [4.78, 5) is 28.0. The van der Waals surface area contributed by atoms with E-state index in [0.29, 0.717) is 25.1 Å². The molecule has 2 amide bonds. The zero-order valence-electron chi connectivity index (χ0n) is 11.6. The molecule has 0 aliphatic carbocycles. The summed E-state index contributed by atoms with van der Waals surface area (Å²) in [5.41, 5.74) is 1.43. The molecule has 0 unspecified atom stereocenters. The van der Waals surface area contributed by atoms with Crippen molar-refractivity contribution in [1.82, 2.24) is 20.0 Å². The maximum atomic E-state index is 12.6. The van der Waals surface area contributed by atoms with Crippen LogP contribution in [0.3, 0.4) is 0 Å². The van der Waals surface area contributed by atoms with Crippen LogP contribution in [-0.2, 0) is 4.79 Å². The Kier molecular flexibility index (Phi) is 2.70. The van der Waals surface area contributed by atoms with Crippen molar-refractivity contribution in [2.75, 3.05) is 19.6 Å². The van der Waals surface area contributed by atoms with Gasteiger partial charge in [0.1, 0.15) is 0 Å². The molecular weight excluding hydrogens is 268 g/mol. The molecule has 21 heavy (non-hydrogen) atoms. The highest BCUT2D eigenvalue weighted by atomic mass is 16.2. The average molecular weight is 284 g/mol. The maximum Gasteiger partial charge on any atom is 0.256 e. The zero-order valence-corrected chi connectivity index (χ0v) is 11.6. The lowest BCUT2D eigenvalue weighted by molar-refractivity contribution is -0.132. The topological polar surface area (TPSA) is 69.3 Å². The van der Waals surface area contributed by atoms with Crippen LogP contribution in [0.5, 0.6) is 0 Å². The molecule has 2 saturated heterocycles. The number of likely N-dealkylation sites (tertiary alicyclic amines) is 2. The molecule has 2 aliphatic rings. The second kappa shape index (κ2) is 4.58. The van der Waals surface area contributed by atoms with E-state index >= 15 is 0 Å². The van der Waals surface area contributed by atoms with Crippen molar-refractivity contribution >= 4 is 22.7 Å². The van der Waals surface area contributed by atoms with Crippen LogP contribution in [0.2, 0.25) is 0 Å². The first-order chi connectivity index (χ1) is 10.2. The number of para-hydroxylation sites is 1. The van der Waals surface area contributed by atoms with Crippen LogP contribution in [0.15, 0.2) is 24.4 Å². The SMILES string of the molecule is O=C(c1cccc2cn[nH]c12)N1CC(N2CCCC2=O)C1. The average Bonchev–Trinajstić information content (AvgIpc) is 3.06. The van der Waals surface area contributed by atoms with E-state index in [1.165, 1.54) is 0 Å². The minimum Gasteiger partial charge on any atom is -0.336 e. The van der Waals surface area contributed by atoms with Gasteiger partial charge in [0.05, 0.1) is 23.3 Å². The molecule has 1 aromatic heterocycles. The van der Waals surface area contributed by atoms with Gasteiger partial charge in [-0.25, -0.2) is 0 Å². The number of nitrogens with zero attached hydrogens (tertiary/aromatic N) is 3. The van der Waals surface area contributed by atoms with E-state index in [-0.39, 0.29) is 17.9 Å². The van der Waals surface area contributed by atoms with Gasteiger partial charge in [0, 0.05) is 31.4 Å². The van der Waals surface area contributed by atoms with Crippen molar-refractivity contribution < 1.29 is 9.59 Å². The van der Waals surface area contributed by atoms with Crippen LogP contribution in [0.4, 0.5) is 0 Å². The maximum absolute atomic E-state index is 12.6. The number of nitrogens with one attached hydrogen (secondary N) is 1. The molecule has 4 rings (SSSR count). The zero-order chi connectivity index (χ0) is 14.4. The predicted molar refractivity (Wildman–Crippen MR) is 76.7 cm³/mol. The number of carbonyl (C=O) groups excluding carboxylic acids is 2. The molecule has 108 valence electrons. The van der Waals surface area contributed by atoms with Crippen LogP contribution >= 0.6 is 0 Å². The first-order valence-electron chi connectivity index (χ1n) is 7.25. The first-order valence-corrected chi connectivity index (χ1v) is 7.25. The summed E-state index contributed by atoms with van der Waals surface area (Å²) in [5.74, 6) is 0.232.